The van der Waals surface area contributed by atoms with Crippen LogP contribution < -0.4 is 18.9 Å². The summed E-state index contributed by atoms with van der Waals surface area (Å²) in [6, 6.07) is 23.1. The summed E-state index contributed by atoms with van der Waals surface area (Å²) < 4.78 is 74.6. The van der Waals surface area contributed by atoms with Crippen molar-refractivity contribution in [2.24, 2.45) is 0 Å². The molecule has 0 saturated carbocycles. The lowest BCUT2D eigenvalue weighted by molar-refractivity contribution is -0.141. The molecule has 0 aliphatic carbocycles. The zero-order valence-electron chi connectivity index (χ0n) is 43.5. The van der Waals surface area contributed by atoms with Gasteiger partial charge in [0.15, 0.2) is 46.4 Å². The Bertz CT molecular complexity index is 3380. The lowest BCUT2D eigenvalue weighted by atomic mass is 10.1. The number of hydrogen-bond donors (Lipinski definition) is 2. The van der Waals surface area contributed by atoms with Gasteiger partial charge >= 0.3 is 0 Å². The van der Waals surface area contributed by atoms with Crippen LogP contribution >= 0.6 is 0 Å². The molecule has 4 fully saturated rings. The van der Waals surface area contributed by atoms with Crippen LogP contribution in [-0.2, 0) is 37.9 Å². The normalized spacial score (nSPS) is 22.7. The Morgan fingerprint density at radius 2 is 0.711 bits per heavy atom. The van der Waals surface area contributed by atoms with E-state index in [9.17, 15) is 0 Å². The van der Waals surface area contributed by atoms with Gasteiger partial charge in [-0.3, -0.25) is 0 Å². The van der Waals surface area contributed by atoms with Gasteiger partial charge in [-0.2, -0.15) is 0 Å². The van der Waals surface area contributed by atoms with Crippen LogP contribution in [0.5, 0.6) is 23.0 Å². The number of nitrogens with one attached hydrogen (secondary N) is 2. The van der Waals surface area contributed by atoms with Gasteiger partial charge in [0.2, 0.25) is 0 Å². The number of ether oxygens (including phenoxy) is 12. The zero-order valence-corrected chi connectivity index (χ0v) is 43.5. The first kappa shape index (κ1) is 48.7. The standard InChI is InChI=1S/C56H58N8O12/c1-53(2)69-25-29(73-53)21-65-37-17-9-13-33-41(37)49-57-45(33)62-50-43-35(15-11-19-39(43)67-23-31-27-71-55(5,6)75-31)47(59-50)64-52-44-36(16-12-20-40(44)68-24-32-28-72-56(7,8)76-32)48(60-52)63-51-42-34(46(58-51)61-49)14-10-18-38(42)66-22-30-26-70-54(3,4)74-30/h9-20,29-32H,21-28H2,1-8H3,(H2,57,58,59,60,61,62,63,64). The quantitative estimate of drug-likeness (QED) is 0.117. The fourth-order valence-corrected chi connectivity index (χ4v) is 10.5. The van der Waals surface area contributed by atoms with Gasteiger partial charge in [-0.05, 0) is 79.7 Å². The molecule has 4 unspecified atom stereocenters. The van der Waals surface area contributed by atoms with E-state index < -0.39 is 23.1 Å². The fraction of sp³-hybridized carbons (Fsp3) is 0.429. The summed E-state index contributed by atoms with van der Waals surface area (Å²) in [5.74, 6) is 0.679. The van der Waals surface area contributed by atoms with Gasteiger partial charge in [0, 0.05) is 21.9 Å². The van der Waals surface area contributed by atoms with Gasteiger partial charge in [-0.1, -0.05) is 48.5 Å². The van der Waals surface area contributed by atoms with E-state index in [0.29, 0.717) is 139 Å². The monoisotopic (exact) mass is 1030 g/mol. The van der Waals surface area contributed by atoms with Crippen LogP contribution in [0, 0.1) is 0 Å². The molecule has 2 N–H and O–H groups in total. The Morgan fingerprint density at radius 1 is 0.395 bits per heavy atom. The SMILES string of the molecule is CC1(C)OCC(COc2cccc3c2-c2nc-3nc3[nH]c(nc4nc(nc5[nH]c(n2)c2cccc(OCC6COC(C)(C)O6)c52)-c2cccc(OCC5COC(C)(C)O5)c2-4)c2cccc(OCC4COC(C)(C)O4)c32)O1. The van der Waals surface area contributed by atoms with Crippen molar-refractivity contribution < 1.29 is 56.8 Å². The second-order valence-corrected chi connectivity index (χ2v) is 21.4. The second-order valence-electron chi connectivity index (χ2n) is 21.4. The van der Waals surface area contributed by atoms with Gasteiger partial charge in [0.05, 0.1) is 48.3 Å². The highest BCUT2D eigenvalue weighted by Gasteiger charge is 2.37. The predicted octanol–water partition coefficient (Wildman–Crippen LogP) is 8.99. The Morgan fingerprint density at radius 3 is 1.05 bits per heavy atom. The Labute approximate surface area is 436 Å². The molecule has 4 saturated heterocycles. The van der Waals surface area contributed by atoms with Gasteiger partial charge in [-0.25, -0.2) is 29.9 Å². The molecule has 6 aliphatic heterocycles. The first-order valence-electron chi connectivity index (χ1n) is 25.6. The van der Waals surface area contributed by atoms with Crippen LogP contribution in [0.2, 0.25) is 0 Å². The molecule has 6 aliphatic rings. The molecule has 8 bridgehead atoms. The minimum atomic E-state index is -0.731. The number of aromatic nitrogens is 8. The molecule has 0 radical (unpaired) electrons. The highest BCUT2D eigenvalue weighted by Crippen LogP contribution is 2.45. The van der Waals surface area contributed by atoms with Crippen LogP contribution in [0.3, 0.4) is 0 Å². The average molecular weight is 1040 g/mol. The molecule has 0 spiro atoms. The number of H-pyrrole nitrogens is 2. The number of fused-ring (bicyclic) bond motifs is 20. The average Bonchev–Trinajstić information content (AvgIpc) is 4.44. The topological polar surface area (TPSA) is 220 Å². The first-order valence-corrected chi connectivity index (χ1v) is 25.6. The number of aromatic amines is 2. The van der Waals surface area contributed by atoms with Crippen molar-refractivity contribution in [1.82, 2.24) is 39.9 Å². The highest BCUT2D eigenvalue weighted by molar-refractivity contribution is 6.10. The molecule has 20 nitrogen and oxygen atoms in total. The van der Waals surface area contributed by atoms with Crippen LogP contribution in [0.15, 0.2) is 72.8 Å². The Hall–Kier alpha value is -6.88. The van der Waals surface area contributed by atoms with Crippen molar-refractivity contribution in [2.75, 3.05) is 52.9 Å². The zero-order chi connectivity index (χ0) is 52.1. The lowest BCUT2D eigenvalue weighted by Crippen LogP contribution is -2.25. The van der Waals surface area contributed by atoms with E-state index in [4.69, 9.17) is 86.7 Å². The smallest absolute Gasteiger partial charge is 0.168 e. The van der Waals surface area contributed by atoms with Gasteiger partial charge in [0.1, 0.15) is 96.4 Å². The second kappa shape index (κ2) is 18.4. The third-order valence-electron chi connectivity index (χ3n) is 13.8. The third-order valence-corrected chi connectivity index (χ3v) is 13.8. The molecule has 76 heavy (non-hydrogen) atoms. The van der Waals surface area contributed by atoms with Crippen molar-refractivity contribution in [1.29, 1.82) is 0 Å². The first-order chi connectivity index (χ1) is 36.5. The molecule has 4 aromatic carbocycles. The molecule has 0 amide bonds. The van der Waals surface area contributed by atoms with E-state index in [1.165, 1.54) is 0 Å². The molecule has 20 heteroatoms. The summed E-state index contributed by atoms with van der Waals surface area (Å²) in [4.78, 5) is 38.9. The summed E-state index contributed by atoms with van der Waals surface area (Å²) in [7, 11) is 0. The van der Waals surface area contributed by atoms with Crippen molar-refractivity contribution >= 4 is 44.1 Å². The van der Waals surface area contributed by atoms with Gasteiger partial charge in [0.25, 0.3) is 0 Å². The van der Waals surface area contributed by atoms with E-state index >= 15 is 0 Å². The number of nitrogens with zero attached hydrogens (tertiary/aromatic N) is 6. The predicted molar refractivity (Wildman–Crippen MR) is 278 cm³/mol. The number of hydrogen-bond acceptors (Lipinski definition) is 18. The summed E-state index contributed by atoms with van der Waals surface area (Å²) in [6.45, 7) is 17.5. The largest absolute Gasteiger partial charge is 0.490 e. The maximum absolute atomic E-state index is 6.61. The Kier molecular flexibility index (Phi) is 11.8. The van der Waals surface area contributed by atoms with Crippen LogP contribution in [0.4, 0.5) is 0 Å². The third kappa shape index (κ3) is 9.35. The van der Waals surface area contributed by atoms with Crippen molar-refractivity contribution in [3.8, 4) is 68.5 Å². The van der Waals surface area contributed by atoms with Gasteiger partial charge < -0.3 is 66.8 Å². The van der Waals surface area contributed by atoms with Crippen LogP contribution in [0.25, 0.3) is 89.7 Å². The number of benzene rings is 4. The van der Waals surface area contributed by atoms with E-state index in [0.717, 1.165) is 0 Å². The molecular weight excluding hydrogens is 977 g/mol. The molecule has 3 aromatic heterocycles. The van der Waals surface area contributed by atoms with Gasteiger partial charge in [-0.15, -0.1) is 0 Å². The fourth-order valence-electron chi connectivity index (χ4n) is 10.5. The maximum atomic E-state index is 6.61. The van der Waals surface area contributed by atoms with Crippen LogP contribution in [-0.4, -0.2) is 140 Å². The molecular formula is C56H58N8O12. The highest BCUT2D eigenvalue weighted by atomic mass is 16.8. The van der Waals surface area contributed by atoms with E-state index in [1.54, 1.807) is 0 Å². The van der Waals surface area contributed by atoms with E-state index in [-0.39, 0.29) is 50.8 Å². The van der Waals surface area contributed by atoms with Crippen molar-refractivity contribution in [3.63, 3.8) is 0 Å². The molecule has 4 atom stereocenters. The molecule has 9 heterocycles. The molecule has 13 rings (SSSR count). The number of rotatable bonds is 12. The van der Waals surface area contributed by atoms with Crippen molar-refractivity contribution in [2.45, 2.75) is 103 Å². The molecule has 394 valence electrons. The summed E-state index contributed by atoms with van der Waals surface area (Å²) in [5.41, 5.74) is 4.42. The van der Waals surface area contributed by atoms with Crippen molar-refractivity contribution in [3.05, 3.63) is 72.8 Å². The van der Waals surface area contributed by atoms with Crippen LogP contribution in [0.1, 0.15) is 55.4 Å². The minimum Gasteiger partial charge on any atom is -0.490 e. The molecule has 7 aromatic rings. The Balaban J connectivity index is 1.04. The maximum Gasteiger partial charge on any atom is 0.168 e. The minimum absolute atomic E-state index is 0.220. The summed E-state index contributed by atoms with van der Waals surface area (Å²) in [5, 5.41) is 2.75. The summed E-state index contributed by atoms with van der Waals surface area (Å²) in [6.07, 6.45) is -1.22. The van der Waals surface area contributed by atoms with E-state index in [2.05, 4.69) is 9.97 Å². The lowest BCUT2D eigenvalue weighted by Gasteiger charge is -2.18. The van der Waals surface area contributed by atoms with E-state index in [1.807, 2.05) is 128 Å². The summed E-state index contributed by atoms with van der Waals surface area (Å²) >= 11 is 0.